The van der Waals surface area contributed by atoms with E-state index in [1.807, 2.05) is 6.92 Å². The summed E-state index contributed by atoms with van der Waals surface area (Å²) < 4.78 is 5.53. The molecule has 6 heteroatoms. The van der Waals surface area contributed by atoms with Crippen molar-refractivity contribution in [2.75, 3.05) is 20.7 Å². The number of benzene rings is 2. The molecule has 0 bridgehead atoms. The summed E-state index contributed by atoms with van der Waals surface area (Å²) in [6.45, 7) is 2.38. The van der Waals surface area contributed by atoms with Crippen LogP contribution in [-0.2, 0) is 6.54 Å². The van der Waals surface area contributed by atoms with E-state index in [4.69, 9.17) is 4.74 Å². The van der Waals surface area contributed by atoms with E-state index in [0.717, 1.165) is 0 Å². The Bertz CT molecular complexity index is 854. The number of rotatable bonds is 5. The van der Waals surface area contributed by atoms with Gasteiger partial charge in [0, 0.05) is 14.1 Å². The summed E-state index contributed by atoms with van der Waals surface area (Å²) in [6.07, 6.45) is 0. The minimum absolute atomic E-state index is 0.104. The van der Waals surface area contributed by atoms with Gasteiger partial charge in [-0.2, -0.15) is 0 Å². The minimum Gasteiger partial charge on any atom is -0.493 e. The maximum atomic E-state index is 12.5. The van der Waals surface area contributed by atoms with Gasteiger partial charge in [-0.3, -0.25) is 19.3 Å². The highest BCUT2D eigenvalue weighted by Gasteiger charge is 2.35. The fourth-order valence-electron chi connectivity index (χ4n) is 2.93. The van der Waals surface area contributed by atoms with Crippen molar-refractivity contribution < 1.29 is 19.1 Å². The second-order valence-corrected chi connectivity index (χ2v) is 6.21. The molecule has 0 N–H and O–H groups in total. The van der Waals surface area contributed by atoms with Gasteiger partial charge in [0.2, 0.25) is 0 Å². The van der Waals surface area contributed by atoms with E-state index in [1.54, 1.807) is 56.6 Å². The topological polar surface area (TPSA) is 66.9 Å². The van der Waals surface area contributed by atoms with Gasteiger partial charge in [-0.05, 0) is 36.8 Å². The lowest BCUT2D eigenvalue weighted by Gasteiger charge is -2.18. The molecular weight excluding hydrogens is 332 g/mol. The number of carbonyl (C=O) groups is 3. The zero-order valence-corrected chi connectivity index (χ0v) is 15.0. The molecule has 2 aromatic carbocycles. The Kier molecular flexibility index (Phi) is 4.75. The zero-order valence-electron chi connectivity index (χ0n) is 15.0. The van der Waals surface area contributed by atoms with Crippen LogP contribution in [0.5, 0.6) is 5.75 Å². The number of amides is 3. The Morgan fingerprint density at radius 2 is 1.65 bits per heavy atom. The van der Waals surface area contributed by atoms with Crippen molar-refractivity contribution in [1.29, 1.82) is 0 Å². The molecule has 0 aliphatic carbocycles. The summed E-state index contributed by atoms with van der Waals surface area (Å²) in [5.41, 5.74) is 1.92. The van der Waals surface area contributed by atoms with Gasteiger partial charge in [-0.15, -0.1) is 0 Å². The van der Waals surface area contributed by atoms with E-state index in [-0.39, 0.29) is 24.3 Å². The first-order valence-electron chi connectivity index (χ1n) is 8.36. The number of ether oxygens (including phenoxy) is 1. The Morgan fingerprint density at radius 3 is 2.19 bits per heavy atom. The molecule has 0 radical (unpaired) electrons. The molecule has 1 aliphatic heterocycles. The van der Waals surface area contributed by atoms with Crippen LogP contribution in [-0.4, -0.2) is 48.2 Å². The van der Waals surface area contributed by atoms with Gasteiger partial charge in [0.05, 0.1) is 29.8 Å². The molecule has 0 saturated carbocycles. The number of hydrogen-bond donors (Lipinski definition) is 0. The number of nitrogens with zero attached hydrogens (tertiary/aromatic N) is 2. The SMILES string of the molecule is CCOc1ccc(CN2C(=O)c3ccccc3C2=O)cc1C(=O)N(C)C. The summed E-state index contributed by atoms with van der Waals surface area (Å²) in [5.74, 6) is -0.352. The van der Waals surface area contributed by atoms with Crippen molar-refractivity contribution in [3.8, 4) is 5.75 Å². The van der Waals surface area contributed by atoms with Crippen molar-refractivity contribution in [1.82, 2.24) is 9.80 Å². The highest BCUT2D eigenvalue weighted by molar-refractivity contribution is 6.21. The molecule has 0 aromatic heterocycles. The van der Waals surface area contributed by atoms with Gasteiger partial charge in [0.25, 0.3) is 17.7 Å². The molecule has 26 heavy (non-hydrogen) atoms. The molecule has 0 saturated heterocycles. The molecular formula is C20H20N2O4. The van der Waals surface area contributed by atoms with E-state index >= 15 is 0 Å². The number of carbonyl (C=O) groups excluding carboxylic acids is 3. The van der Waals surface area contributed by atoms with Gasteiger partial charge in [-0.25, -0.2) is 0 Å². The van der Waals surface area contributed by atoms with Crippen molar-refractivity contribution in [2.24, 2.45) is 0 Å². The van der Waals surface area contributed by atoms with Crippen molar-refractivity contribution in [3.63, 3.8) is 0 Å². The first-order valence-corrected chi connectivity index (χ1v) is 8.36. The largest absolute Gasteiger partial charge is 0.493 e. The predicted molar refractivity (Wildman–Crippen MR) is 96.3 cm³/mol. The van der Waals surface area contributed by atoms with E-state index in [9.17, 15) is 14.4 Å². The van der Waals surface area contributed by atoms with E-state index in [1.165, 1.54) is 9.80 Å². The van der Waals surface area contributed by atoms with Crippen molar-refractivity contribution in [3.05, 3.63) is 64.7 Å². The fraction of sp³-hybridized carbons (Fsp3) is 0.250. The van der Waals surface area contributed by atoms with Crippen LogP contribution in [0.25, 0.3) is 0 Å². The minimum atomic E-state index is -0.319. The molecule has 0 spiro atoms. The number of imide groups is 1. The molecule has 3 amide bonds. The molecule has 6 nitrogen and oxygen atoms in total. The summed E-state index contributed by atoms with van der Waals surface area (Å²) in [4.78, 5) is 40.1. The monoisotopic (exact) mass is 352 g/mol. The molecule has 3 rings (SSSR count). The van der Waals surface area contributed by atoms with Crippen molar-refractivity contribution in [2.45, 2.75) is 13.5 Å². The van der Waals surface area contributed by atoms with Crippen LogP contribution in [0.1, 0.15) is 43.6 Å². The highest BCUT2D eigenvalue weighted by atomic mass is 16.5. The molecule has 134 valence electrons. The number of hydrogen-bond acceptors (Lipinski definition) is 4. The lowest BCUT2D eigenvalue weighted by molar-refractivity contribution is 0.0642. The average Bonchev–Trinajstić information content (AvgIpc) is 2.87. The van der Waals surface area contributed by atoms with E-state index in [0.29, 0.717) is 34.6 Å². The Labute approximate surface area is 152 Å². The van der Waals surface area contributed by atoms with Gasteiger partial charge in [-0.1, -0.05) is 18.2 Å². The van der Waals surface area contributed by atoms with Crippen LogP contribution in [0.3, 0.4) is 0 Å². The number of fused-ring (bicyclic) bond motifs is 1. The Morgan fingerprint density at radius 1 is 1.04 bits per heavy atom. The zero-order chi connectivity index (χ0) is 18.8. The molecule has 0 fully saturated rings. The second-order valence-electron chi connectivity index (χ2n) is 6.21. The first kappa shape index (κ1) is 17.7. The van der Waals surface area contributed by atoms with Gasteiger partial charge in [0.1, 0.15) is 5.75 Å². The van der Waals surface area contributed by atoms with Crippen LogP contribution in [0.2, 0.25) is 0 Å². The Balaban J connectivity index is 1.91. The maximum absolute atomic E-state index is 12.5. The fourth-order valence-corrected chi connectivity index (χ4v) is 2.93. The van der Waals surface area contributed by atoms with Crippen molar-refractivity contribution >= 4 is 17.7 Å². The third-order valence-corrected chi connectivity index (χ3v) is 4.20. The molecule has 0 atom stereocenters. The normalized spacial score (nSPS) is 13.0. The summed E-state index contributed by atoms with van der Waals surface area (Å²) in [5, 5.41) is 0. The van der Waals surface area contributed by atoms with Gasteiger partial charge in [0.15, 0.2) is 0 Å². The summed E-state index contributed by atoms with van der Waals surface area (Å²) in [7, 11) is 3.32. The molecule has 0 unspecified atom stereocenters. The quantitative estimate of drug-likeness (QED) is 0.776. The molecule has 1 aliphatic rings. The second kappa shape index (κ2) is 7.00. The Hall–Kier alpha value is -3.15. The van der Waals surface area contributed by atoms with Gasteiger partial charge >= 0.3 is 0 Å². The van der Waals surface area contributed by atoms with Crippen LogP contribution in [0.4, 0.5) is 0 Å². The smallest absolute Gasteiger partial charge is 0.261 e. The van der Waals surface area contributed by atoms with Crippen LogP contribution >= 0.6 is 0 Å². The average molecular weight is 352 g/mol. The third kappa shape index (κ3) is 3.06. The predicted octanol–water partition coefficient (Wildman–Crippen LogP) is 2.58. The third-order valence-electron chi connectivity index (χ3n) is 4.20. The molecule has 1 heterocycles. The first-order chi connectivity index (χ1) is 12.4. The standard InChI is InChI=1S/C20H20N2O4/c1-4-26-17-10-9-13(11-16(17)18(23)21(2)3)12-22-19(24)14-7-5-6-8-15(14)20(22)25/h5-11H,4,12H2,1-3H3. The van der Waals surface area contributed by atoms with E-state index in [2.05, 4.69) is 0 Å². The summed E-state index contributed by atoms with van der Waals surface area (Å²) >= 11 is 0. The van der Waals surface area contributed by atoms with Crippen LogP contribution in [0, 0.1) is 0 Å². The lowest BCUT2D eigenvalue weighted by Crippen LogP contribution is -2.29. The van der Waals surface area contributed by atoms with Gasteiger partial charge < -0.3 is 9.64 Å². The van der Waals surface area contributed by atoms with Crippen LogP contribution in [0.15, 0.2) is 42.5 Å². The summed E-state index contributed by atoms with van der Waals surface area (Å²) in [6, 6.07) is 11.9. The molecule has 2 aromatic rings. The maximum Gasteiger partial charge on any atom is 0.261 e. The highest BCUT2D eigenvalue weighted by Crippen LogP contribution is 2.27. The lowest BCUT2D eigenvalue weighted by atomic mass is 10.1. The van der Waals surface area contributed by atoms with E-state index < -0.39 is 0 Å². The van der Waals surface area contributed by atoms with Crippen LogP contribution < -0.4 is 4.74 Å².